The van der Waals surface area contributed by atoms with E-state index in [2.05, 4.69) is 55.6 Å². The molecule has 3 aromatic carbocycles. The van der Waals surface area contributed by atoms with Crippen molar-refractivity contribution in [3.63, 3.8) is 0 Å². The molecule has 1 amide bonds. The number of hydrogen-bond acceptors (Lipinski definition) is 4. The number of ether oxygens (including phenoxy) is 2. The van der Waals surface area contributed by atoms with Gasteiger partial charge in [0.25, 0.3) is 5.91 Å². The van der Waals surface area contributed by atoms with E-state index in [0.717, 1.165) is 16.7 Å². The normalized spacial score (nSPS) is 11.4. The Hall–Kier alpha value is -3.60. The Balaban J connectivity index is 1.60. The molecule has 5 nitrogen and oxygen atoms in total. The molecule has 0 atom stereocenters. The first-order valence-corrected chi connectivity index (χ1v) is 10.6. The Labute approximate surface area is 190 Å². The summed E-state index contributed by atoms with van der Waals surface area (Å²) >= 11 is 0. The minimum atomic E-state index is -0.259. The molecule has 0 aliphatic rings. The zero-order chi connectivity index (χ0) is 23.1. The lowest BCUT2D eigenvalue weighted by atomic mass is 9.87. The van der Waals surface area contributed by atoms with Crippen LogP contribution in [0.4, 0.5) is 0 Å². The van der Waals surface area contributed by atoms with Gasteiger partial charge in [0.2, 0.25) is 0 Å². The van der Waals surface area contributed by atoms with Crippen LogP contribution in [0.5, 0.6) is 11.5 Å². The Morgan fingerprint density at radius 1 is 0.969 bits per heavy atom. The third kappa shape index (κ3) is 6.20. The Bertz CT molecular complexity index is 1080. The monoisotopic (exact) mass is 430 g/mol. The molecule has 5 heteroatoms. The van der Waals surface area contributed by atoms with Gasteiger partial charge in [0, 0.05) is 5.56 Å². The number of nitrogens with one attached hydrogen (secondary N) is 1. The smallest absolute Gasteiger partial charge is 0.271 e. The summed E-state index contributed by atoms with van der Waals surface area (Å²) in [6, 6.07) is 21.3. The second kappa shape index (κ2) is 10.1. The number of benzene rings is 3. The first-order valence-electron chi connectivity index (χ1n) is 10.6. The number of carbonyl (C=O) groups excluding carboxylic acids is 1. The molecule has 0 radical (unpaired) electrons. The standard InChI is InChI=1S/C27H30N2O3/c1-19-6-11-22(12-7-19)26(30)29-28-17-21-10-15-24(25(16-21)31-5)32-18-20-8-13-23(14-9-20)27(2,3)4/h6-17H,18H2,1-5H3,(H,29,30)/b28-17-. The first kappa shape index (κ1) is 23.1. The quantitative estimate of drug-likeness (QED) is 0.390. The number of methoxy groups -OCH3 is 1. The van der Waals surface area contributed by atoms with Gasteiger partial charge in [-0.25, -0.2) is 5.43 Å². The molecule has 0 unspecified atom stereocenters. The molecule has 0 aromatic heterocycles. The third-order valence-electron chi connectivity index (χ3n) is 5.10. The lowest BCUT2D eigenvalue weighted by molar-refractivity contribution is 0.0955. The van der Waals surface area contributed by atoms with Gasteiger partial charge in [0.1, 0.15) is 6.61 Å². The van der Waals surface area contributed by atoms with Crippen LogP contribution in [0.2, 0.25) is 0 Å². The van der Waals surface area contributed by atoms with Crippen LogP contribution >= 0.6 is 0 Å². The van der Waals surface area contributed by atoms with Gasteiger partial charge in [0.05, 0.1) is 13.3 Å². The van der Waals surface area contributed by atoms with E-state index in [9.17, 15) is 4.79 Å². The fourth-order valence-corrected chi connectivity index (χ4v) is 3.08. The lowest BCUT2D eigenvalue weighted by Gasteiger charge is -2.19. The van der Waals surface area contributed by atoms with Crippen molar-refractivity contribution in [2.75, 3.05) is 7.11 Å². The summed E-state index contributed by atoms with van der Waals surface area (Å²) in [6.45, 7) is 9.01. The van der Waals surface area contributed by atoms with Crippen molar-refractivity contribution < 1.29 is 14.3 Å². The highest BCUT2D eigenvalue weighted by Gasteiger charge is 2.13. The van der Waals surface area contributed by atoms with Gasteiger partial charge in [0.15, 0.2) is 11.5 Å². The Morgan fingerprint density at radius 3 is 2.28 bits per heavy atom. The summed E-state index contributed by atoms with van der Waals surface area (Å²) in [7, 11) is 1.60. The van der Waals surface area contributed by atoms with Crippen LogP contribution in [0.3, 0.4) is 0 Å². The Morgan fingerprint density at radius 2 is 1.66 bits per heavy atom. The van der Waals surface area contributed by atoms with E-state index < -0.39 is 0 Å². The van der Waals surface area contributed by atoms with Gasteiger partial charge >= 0.3 is 0 Å². The summed E-state index contributed by atoms with van der Waals surface area (Å²) in [5.41, 5.74) is 7.48. The second-order valence-corrected chi connectivity index (χ2v) is 8.71. The summed E-state index contributed by atoms with van der Waals surface area (Å²) in [5.74, 6) is 0.990. The minimum absolute atomic E-state index is 0.125. The Kier molecular flexibility index (Phi) is 7.31. The number of nitrogens with zero attached hydrogens (tertiary/aromatic N) is 1. The molecule has 0 saturated heterocycles. The first-order chi connectivity index (χ1) is 15.3. The van der Waals surface area contributed by atoms with Crippen molar-refractivity contribution in [3.8, 4) is 11.5 Å². The molecular weight excluding hydrogens is 400 g/mol. The fraction of sp³-hybridized carbons (Fsp3) is 0.259. The highest BCUT2D eigenvalue weighted by Crippen LogP contribution is 2.29. The van der Waals surface area contributed by atoms with Gasteiger partial charge < -0.3 is 9.47 Å². The van der Waals surface area contributed by atoms with Crippen LogP contribution in [-0.4, -0.2) is 19.2 Å². The van der Waals surface area contributed by atoms with Gasteiger partial charge in [-0.1, -0.05) is 62.7 Å². The maximum atomic E-state index is 12.1. The summed E-state index contributed by atoms with van der Waals surface area (Å²) in [4.78, 5) is 12.1. The number of hydrogen-bond donors (Lipinski definition) is 1. The summed E-state index contributed by atoms with van der Waals surface area (Å²) in [6.07, 6.45) is 1.57. The largest absolute Gasteiger partial charge is 0.493 e. The zero-order valence-corrected chi connectivity index (χ0v) is 19.3. The molecular formula is C27H30N2O3. The van der Waals surface area contributed by atoms with Crippen LogP contribution in [0.1, 0.15) is 53.4 Å². The van der Waals surface area contributed by atoms with E-state index in [1.807, 2.05) is 37.3 Å². The predicted molar refractivity (Wildman–Crippen MR) is 129 cm³/mol. The molecule has 0 heterocycles. The molecule has 0 saturated carbocycles. The number of hydrazone groups is 1. The van der Waals surface area contributed by atoms with Gasteiger partial charge in [-0.2, -0.15) is 5.10 Å². The molecule has 0 fully saturated rings. The van der Waals surface area contributed by atoms with Crippen LogP contribution in [0, 0.1) is 6.92 Å². The van der Waals surface area contributed by atoms with Gasteiger partial charge in [-0.05, 0) is 59.4 Å². The van der Waals surface area contributed by atoms with E-state index in [-0.39, 0.29) is 11.3 Å². The SMILES string of the molecule is COc1cc(/C=N\NC(=O)c2ccc(C)cc2)ccc1OCc1ccc(C(C)(C)C)cc1. The number of rotatable bonds is 7. The van der Waals surface area contributed by atoms with Crippen LogP contribution < -0.4 is 14.9 Å². The minimum Gasteiger partial charge on any atom is -0.493 e. The number of aryl methyl sites for hydroxylation is 1. The molecule has 166 valence electrons. The third-order valence-corrected chi connectivity index (χ3v) is 5.10. The second-order valence-electron chi connectivity index (χ2n) is 8.71. The van der Waals surface area contributed by atoms with Crippen LogP contribution in [-0.2, 0) is 12.0 Å². The van der Waals surface area contributed by atoms with Crippen molar-refractivity contribution in [1.82, 2.24) is 5.43 Å². The van der Waals surface area contributed by atoms with Crippen LogP contribution in [0.15, 0.2) is 71.8 Å². The summed E-state index contributed by atoms with van der Waals surface area (Å²) in [5, 5.41) is 4.05. The maximum absolute atomic E-state index is 12.1. The maximum Gasteiger partial charge on any atom is 0.271 e. The highest BCUT2D eigenvalue weighted by molar-refractivity contribution is 5.94. The van der Waals surface area contributed by atoms with Crippen molar-refractivity contribution in [2.24, 2.45) is 5.10 Å². The van der Waals surface area contributed by atoms with Gasteiger partial charge in [-0.3, -0.25) is 4.79 Å². The molecule has 0 bridgehead atoms. The molecule has 3 rings (SSSR count). The predicted octanol–water partition coefficient (Wildman–Crippen LogP) is 5.64. The van der Waals surface area contributed by atoms with Crippen molar-refractivity contribution >= 4 is 12.1 Å². The molecule has 32 heavy (non-hydrogen) atoms. The van der Waals surface area contributed by atoms with Crippen molar-refractivity contribution in [1.29, 1.82) is 0 Å². The molecule has 3 aromatic rings. The van der Waals surface area contributed by atoms with Crippen LogP contribution in [0.25, 0.3) is 0 Å². The van der Waals surface area contributed by atoms with Crippen molar-refractivity contribution in [2.45, 2.75) is 39.7 Å². The average molecular weight is 431 g/mol. The van der Waals surface area contributed by atoms with E-state index in [1.165, 1.54) is 5.56 Å². The highest BCUT2D eigenvalue weighted by atomic mass is 16.5. The lowest BCUT2D eigenvalue weighted by Crippen LogP contribution is -2.17. The molecule has 0 spiro atoms. The zero-order valence-electron chi connectivity index (χ0n) is 19.3. The van der Waals surface area contributed by atoms with Crippen molar-refractivity contribution in [3.05, 3.63) is 94.5 Å². The topological polar surface area (TPSA) is 59.9 Å². The molecule has 0 aliphatic heterocycles. The number of amides is 1. The van der Waals surface area contributed by atoms with E-state index in [0.29, 0.717) is 23.7 Å². The fourth-order valence-electron chi connectivity index (χ4n) is 3.08. The average Bonchev–Trinajstić information content (AvgIpc) is 2.78. The number of carbonyl (C=O) groups is 1. The van der Waals surface area contributed by atoms with E-state index in [1.54, 1.807) is 25.5 Å². The molecule has 0 aliphatic carbocycles. The van der Waals surface area contributed by atoms with E-state index >= 15 is 0 Å². The molecule has 1 N–H and O–H groups in total. The van der Waals surface area contributed by atoms with E-state index in [4.69, 9.17) is 9.47 Å². The van der Waals surface area contributed by atoms with Gasteiger partial charge in [-0.15, -0.1) is 0 Å². The summed E-state index contributed by atoms with van der Waals surface area (Å²) < 4.78 is 11.4.